The predicted molar refractivity (Wildman–Crippen MR) is 210 cm³/mol. The lowest BCUT2D eigenvalue weighted by Gasteiger charge is -2.11. The standard InChI is InChI=1S/C42H32N8O6/c43-37(51)24-49-22-31(12-14-39(49)53)46-41(55)28-7-1-5-26(17-28)30-9-4-16-48(21-30)36-11-3-10-33-34(19-45-20-35(33)36)27-6-2-8-29(18-27)42(56)47-32-13-15-40(54)50(23-32)25-38(44)52/h1-23H,24-25H2,(H5-,43,44,46,47,51,52,55,56)/p+1. The van der Waals surface area contributed by atoms with Gasteiger partial charge >= 0.3 is 0 Å². The van der Waals surface area contributed by atoms with Gasteiger partial charge < -0.3 is 31.2 Å². The molecule has 14 nitrogen and oxygen atoms in total. The van der Waals surface area contributed by atoms with Crippen LogP contribution < -0.4 is 37.8 Å². The topological polar surface area (TPSA) is 205 Å². The van der Waals surface area contributed by atoms with Crippen molar-refractivity contribution in [2.45, 2.75) is 13.1 Å². The Morgan fingerprint density at radius 2 is 1.16 bits per heavy atom. The van der Waals surface area contributed by atoms with Crippen LogP contribution in [0.2, 0.25) is 0 Å². The van der Waals surface area contributed by atoms with Crippen molar-refractivity contribution in [3.63, 3.8) is 0 Å². The van der Waals surface area contributed by atoms with Gasteiger partial charge in [0.25, 0.3) is 22.9 Å². The molecule has 0 radical (unpaired) electrons. The Bertz CT molecular complexity index is 2830. The zero-order chi connectivity index (χ0) is 39.3. The molecule has 4 heterocycles. The van der Waals surface area contributed by atoms with Crippen LogP contribution in [0.25, 0.3) is 38.7 Å². The Labute approximate surface area is 318 Å². The number of amides is 4. The number of nitrogens with two attached hydrogens (primary N) is 2. The molecule has 0 unspecified atom stereocenters. The second-order valence-electron chi connectivity index (χ2n) is 12.8. The van der Waals surface area contributed by atoms with E-state index < -0.39 is 34.7 Å². The average Bonchev–Trinajstić information content (AvgIpc) is 3.19. The molecule has 3 aromatic carbocycles. The van der Waals surface area contributed by atoms with Crippen LogP contribution >= 0.6 is 0 Å². The largest absolute Gasteiger partial charge is 0.368 e. The highest BCUT2D eigenvalue weighted by Crippen LogP contribution is 2.31. The summed E-state index contributed by atoms with van der Waals surface area (Å²) in [7, 11) is 0. The predicted octanol–water partition coefficient (Wildman–Crippen LogP) is 3.64. The molecule has 0 aliphatic carbocycles. The van der Waals surface area contributed by atoms with Crippen LogP contribution in [0.4, 0.5) is 11.4 Å². The summed E-state index contributed by atoms with van der Waals surface area (Å²) in [4.78, 5) is 78.0. The van der Waals surface area contributed by atoms with Crippen LogP contribution in [0.5, 0.6) is 0 Å². The van der Waals surface area contributed by atoms with Crippen LogP contribution in [0.3, 0.4) is 0 Å². The molecule has 7 rings (SSSR count). The number of primary amides is 2. The molecule has 6 N–H and O–H groups in total. The highest BCUT2D eigenvalue weighted by molar-refractivity contribution is 6.06. The fourth-order valence-corrected chi connectivity index (χ4v) is 6.30. The molecule has 0 fully saturated rings. The number of hydrogen-bond acceptors (Lipinski definition) is 7. The number of nitrogens with zero attached hydrogens (tertiary/aromatic N) is 4. The van der Waals surface area contributed by atoms with Crippen molar-refractivity contribution < 1.29 is 23.7 Å². The molecule has 7 aromatic rings. The maximum Gasteiger partial charge on any atom is 0.255 e. The second kappa shape index (κ2) is 15.5. The highest BCUT2D eigenvalue weighted by Gasteiger charge is 2.18. The Kier molecular flexibility index (Phi) is 10.1. The minimum atomic E-state index is -0.682. The number of nitrogens with one attached hydrogen (secondary N) is 2. The molecular weight excluding hydrogens is 713 g/mol. The normalized spacial score (nSPS) is 10.9. The zero-order valence-electron chi connectivity index (χ0n) is 29.6. The van der Waals surface area contributed by atoms with Gasteiger partial charge in [0.15, 0.2) is 12.4 Å². The number of rotatable bonds is 11. The van der Waals surface area contributed by atoms with E-state index in [1.807, 2.05) is 59.4 Å². The molecule has 4 amide bonds. The first kappa shape index (κ1) is 36.4. The van der Waals surface area contributed by atoms with E-state index >= 15 is 0 Å². The quantitative estimate of drug-likeness (QED) is 0.145. The highest BCUT2D eigenvalue weighted by atomic mass is 16.2. The molecule has 0 aliphatic rings. The van der Waals surface area contributed by atoms with Crippen molar-refractivity contribution in [3.8, 4) is 27.9 Å². The first-order valence-corrected chi connectivity index (χ1v) is 17.2. The summed E-state index contributed by atoms with van der Waals surface area (Å²) >= 11 is 0. The monoisotopic (exact) mass is 745 g/mol. The third kappa shape index (κ3) is 7.99. The van der Waals surface area contributed by atoms with E-state index in [2.05, 4.69) is 15.6 Å². The van der Waals surface area contributed by atoms with Crippen molar-refractivity contribution in [2.75, 3.05) is 10.6 Å². The van der Waals surface area contributed by atoms with Gasteiger partial charge in [-0.2, -0.15) is 4.57 Å². The number of hydrogen-bond donors (Lipinski definition) is 4. The van der Waals surface area contributed by atoms with Crippen LogP contribution in [0.15, 0.2) is 150 Å². The smallest absolute Gasteiger partial charge is 0.255 e. The fourth-order valence-electron chi connectivity index (χ4n) is 6.30. The van der Waals surface area contributed by atoms with Crippen molar-refractivity contribution >= 4 is 45.8 Å². The van der Waals surface area contributed by atoms with Crippen LogP contribution in [-0.4, -0.2) is 37.7 Å². The summed E-state index contributed by atoms with van der Waals surface area (Å²) in [5.74, 6) is -2.18. The lowest BCUT2D eigenvalue weighted by atomic mass is 9.98. The van der Waals surface area contributed by atoms with Gasteiger partial charge in [-0.25, -0.2) is 0 Å². The van der Waals surface area contributed by atoms with Gasteiger partial charge in [-0.15, -0.1) is 0 Å². The summed E-state index contributed by atoms with van der Waals surface area (Å²) in [5, 5.41) is 7.30. The van der Waals surface area contributed by atoms with Gasteiger partial charge in [0.05, 0.1) is 16.8 Å². The molecule has 0 atom stereocenters. The van der Waals surface area contributed by atoms with Crippen molar-refractivity contribution in [1.82, 2.24) is 14.1 Å². The van der Waals surface area contributed by atoms with Crippen molar-refractivity contribution in [1.29, 1.82) is 0 Å². The van der Waals surface area contributed by atoms with Crippen LogP contribution in [-0.2, 0) is 22.7 Å². The SMILES string of the molecule is NC(=O)Cn1cc(NC(=O)c2cccc(-c3ccc[n+](-c4cccc5c(-c6cccc(C(=O)Nc7ccc(=O)n(CC(N)=O)c7)c6)cncc45)c3)c2)ccc1=O. The summed E-state index contributed by atoms with van der Waals surface area (Å²) in [6.07, 6.45) is 10.1. The zero-order valence-corrected chi connectivity index (χ0v) is 29.6. The van der Waals surface area contributed by atoms with Gasteiger partial charge in [0.2, 0.25) is 17.5 Å². The molecule has 0 spiro atoms. The van der Waals surface area contributed by atoms with Crippen molar-refractivity contribution in [3.05, 3.63) is 172 Å². The van der Waals surface area contributed by atoms with E-state index in [4.69, 9.17) is 11.5 Å². The number of pyridine rings is 4. The van der Waals surface area contributed by atoms with E-state index in [0.717, 1.165) is 47.8 Å². The molecule has 14 heteroatoms. The van der Waals surface area contributed by atoms with Gasteiger partial charge in [0, 0.05) is 71.3 Å². The third-order valence-corrected chi connectivity index (χ3v) is 8.89. The van der Waals surface area contributed by atoms with Gasteiger partial charge in [-0.3, -0.25) is 33.8 Å². The summed E-state index contributed by atoms with van der Waals surface area (Å²) in [5.41, 5.74) is 15.1. The fraction of sp³-hybridized carbons (Fsp3) is 0.0476. The van der Waals surface area contributed by atoms with Crippen molar-refractivity contribution in [2.24, 2.45) is 11.5 Å². The summed E-state index contributed by atoms with van der Waals surface area (Å²) < 4.78 is 4.23. The molecule has 276 valence electrons. The van der Waals surface area contributed by atoms with E-state index in [-0.39, 0.29) is 13.1 Å². The number of fused-ring (bicyclic) bond motifs is 1. The second-order valence-corrected chi connectivity index (χ2v) is 12.8. The average molecular weight is 746 g/mol. The van der Waals surface area contributed by atoms with E-state index in [1.165, 1.54) is 36.7 Å². The minimum Gasteiger partial charge on any atom is -0.368 e. The van der Waals surface area contributed by atoms with Crippen LogP contribution in [0, 0.1) is 0 Å². The lowest BCUT2D eigenvalue weighted by molar-refractivity contribution is -0.593. The number of carbonyl (C=O) groups is 4. The van der Waals surface area contributed by atoms with Crippen LogP contribution in [0.1, 0.15) is 20.7 Å². The first-order chi connectivity index (χ1) is 27.0. The number of carbonyl (C=O) groups excluding carboxylic acids is 4. The summed E-state index contributed by atoms with van der Waals surface area (Å²) in [6, 6.07) is 29.4. The molecule has 0 saturated carbocycles. The maximum atomic E-state index is 13.3. The molecule has 0 aliphatic heterocycles. The number of aromatic nitrogens is 4. The molecule has 0 saturated heterocycles. The minimum absolute atomic E-state index is 0.309. The van der Waals surface area contributed by atoms with E-state index in [1.54, 1.807) is 48.8 Å². The molecule has 56 heavy (non-hydrogen) atoms. The van der Waals surface area contributed by atoms with Gasteiger partial charge in [-0.05, 0) is 59.0 Å². The van der Waals surface area contributed by atoms with Gasteiger partial charge in [0.1, 0.15) is 13.1 Å². The van der Waals surface area contributed by atoms with E-state index in [9.17, 15) is 28.8 Å². The molecule has 0 bridgehead atoms. The maximum absolute atomic E-state index is 13.3. The Morgan fingerprint density at radius 1 is 0.607 bits per heavy atom. The number of anilines is 2. The van der Waals surface area contributed by atoms with E-state index in [0.29, 0.717) is 22.5 Å². The Morgan fingerprint density at radius 3 is 1.77 bits per heavy atom. The Balaban J connectivity index is 1.15. The molecule has 4 aromatic heterocycles. The third-order valence-electron chi connectivity index (χ3n) is 8.89. The number of benzene rings is 3. The first-order valence-electron chi connectivity index (χ1n) is 17.2. The molecular formula is C42H33N8O6+. The Hall–Kier alpha value is -8.00. The lowest BCUT2D eigenvalue weighted by Crippen LogP contribution is -2.30. The van der Waals surface area contributed by atoms with Gasteiger partial charge in [-0.1, -0.05) is 36.4 Å². The summed E-state index contributed by atoms with van der Waals surface area (Å²) in [6.45, 7) is -0.622.